The molecule has 1 fully saturated rings. The van der Waals surface area contributed by atoms with E-state index in [9.17, 15) is 0 Å². The second kappa shape index (κ2) is 9.08. The van der Waals surface area contributed by atoms with Crippen molar-refractivity contribution in [3.63, 3.8) is 0 Å². The monoisotopic (exact) mass is 394 g/mol. The third-order valence-electron chi connectivity index (χ3n) is 6.82. The average Bonchev–Trinajstić information content (AvgIpc) is 2.79. The average molecular weight is 395 g/mol. The summed E-state index contributed by atoms with van der Waals surface area (Å²) in [6.07, 6.45) is 4.88. The fourth-order valence-electron chi connectivity index (χ4n) is 5.43. The Bertz CT molecular complexity index is 814. The largest absolute Gasteiger partial charge is 0.496 e. The molecule has 0 N–H and O–H groups in total. The molecule has 0 spiro atoms. The third-order valence-corrected chi connectivity index (χ3v) is 6.82. The van der Waals surface area contributed by atoms with E-state index in [0.29, 0.717) is 12.0 Å². The summed E-state index contributed by atoms with van der Waals surface area (Å²) in [5.74, 6) is 2.65. The van der Waals surface area contributed by atoms with E-state index in [4.69, 9.17) is 9.47 Å². The zero-order chi connectivity index (χ0) is 20.2. The van der Waals surface area contributed by atoms with Gasteiger partial charge in [-0.2, -0.15) is 0 Å². The van der Waals surface area contributed by atoms with E-state index < -0.39 is 0 Å². The van der Waals surface area contributed by atoms with Gasteiger partial charge in [-0.3, -0.25) is 4.90 Å². The van der Waals surface area contributed by atoms with Crippen LogP contribution in [-0.2, 0) is 6.42 Å². The van der Waals surface area contributed by atoms with Crippen LogP contribution < -0.4 is 14.4 Å². The molecule has 4 nitrogen and oxygen atoms in total. The van der Waals surface area contributed by atoms with Crippen LogP contribution >= 0.6 is 0 Å². The Morgan fingerprint density at radius 3 is 2.38 bits per heavy atom. The summed E-state index contributed by atoms with van der Waals surface area (Å²) in [5.41, 5.74) is 4.18. The van der Waals surface area contributed by atoms with Gasteiger partial charge in [-0.1, -0.05) is 31.2 Å². The summed E-state index contributed by atoms with van der Waals surface area (Å²) < 4.78 is 11.3. The highest BCUT2D eigenvalue weighted by Crippen LogP contribution is 2.41. The molecule has 1 aliphatic carbocycles. The van der Waals surface area contributed by atoms with Gasteiger partial charge in [0.2, 0.25) is 0 Å². The van der Waals surface area contributed by atoms with Gasteiger partial charge in [0.1, 0.15) is 11.5 Å². The van der Waals surface area contributed by atoms with Crippen molar-refractivity contribution in [2.24, 2.45) is 0 Å². The summed E-state index contributed by atoms with van der Waals surface area (Å²) in [6, 6.07) is 15.6. The van der Waals surface area contributed by atoms with Gasteiger partial charge >= 0.3 is 0 Å². The van der Waals surface area contributed by atoms with E-state index in [0.717, 1.165) is 44.1 Å². The minimum atomic E-state index is 0.598. The Morgan fingerprint density at radius 2 is 1.66 bits per heavy atom. The lowest BCUT2D eigenvalue weighted by atomic mass is 9.77. The first-order valence-corrected chi connectivity index (χ1v) is 11.0. The van der Waals surface area contributed by atoms with Crippen molar-refractivity contribution in [3.8, 4) is 11.5 Å². The summed E-state index contributed by atoms with van der Waals surface area (Å²) in [6.45, 7) is 6.66. The maximum absolute atomic E-state index is 5.67. The second-order valence-electron chi connectivity index (χ2n) is 8.20. The first-order chi connectivity index (χ1) is 14.3. The van der Waals surface area contributed by atoms with E-state index in [-0.39, 0.29) is 0 Å². The van der Waals surface area contributed by atoms with Crippen LogP contribution in [0.5, 0.6) is 11.5 Å². The maximum Gasteiger partial charge on any atom is 0.142 e. The lowest BCUT2D eigenvalue weighted by molar-refractivity contribution is 0.148. The lowest BCUT2D eigenvalue weighted by Crippen LogP contribution is -2.52. The molecule has 0 amide bonds. The fourth-order valence-corrected chi connectivity index (χ4v) is 5.43. The number of nitrogens with zero attached hydrogens (tertiary/aromatic N) is 2. The number of ether oxygens (including phenoxy) is 2. The van der Waals surface area contributed by atoms with E-state index in [1.165, 1.54) is 36.1 Å². The predicted octanol–water partition coefficient (Wildman–Crippen LogP) is 4.72. The molecular formula is C25H34N2O2. The summed E-state index contributed by atoms with van der Waals surface area (Å²) in [5, 5.41) is 0. The minimum absolute atomic E-state index is 0.598. The number of hydrogen-bond acceptors (Lipinski definition) is 4. The van der Waals surface area contributed by atoms with Crippen LogP contribution in [0, 0.1) is 0 Å². The van der Waals surface area contributed by atoms with Crippen LogP contribution in [0.15, 0.2) is 42.5 Å². The molecule has 4 rings (SSSR count). The van der Waals surface area contributed by atoms with E-state index in [1.54, 1.807) is 14.2 Å². The van der Waals surface area contributed by atoms with E-state index in [2.05, 4.69) is 53.1 Å². The number of fused-ring (bicyclic) bond motifs is 1. The molecule has 0 bridgehead atoms. The SMILES string of the molecule is CCC(C1CCCc2c(OC)cccc21)N1CCN(c2ccccc2OC)CC1. The summed E-state index contributed by atoms with van der Waals surface area (Å²) >= 11 is 0. The molecule has 156 valence electrons. The number of benzene rings is 2. The highest BCUT2D eigenvalue weighted by Gasteiger charge is 2.33. The molecule has 2 unspecified atom stereocenters. The highest BCUT2D eigenvalue weighted by molar-refractivity contribution is 5.58. The molecule has 2 aromatic rings. The quantitative estimate of drug-likeness (QED) is 0.707. The zero-order valence-corrected chi connectivity index (χ0v) is 18.1. The molecule has 0 aromatic heterocycles. The van der Waals surface area contributed by atoms with Crippen molar-refractivity contribution in [1.82, 2.24) is 4.90 Å². The molecule has 1 heterocycles. The van der Waals surface area contributed by atoms with Crippen molar-refractivity contribution < 1.29 is 9.47 Å². The molecule has 4 heteroatoms. The van der Waals surface area contributed by atoms with Gasteiger partial charge < -0.3 is 14.4 Å². The molecule has 2 atom stereocenters. The highest BCUT2D eigenvalue weighted by atomic mass is 16.5. The van der Waals surface area contributed by atoms with E-state index >= 15 is 0 Å². The Kier molecular flexibility index (Phi) is 6.29. The number of para-hydroxylation sites is 2. The molecule has 0 saturated carbocycles. The van der Waals surface area contributed by atoms with Gasteiger partial charge in [0.05, 0.1) is 19.9 Å². The normalized spacial score (nSPS) is 20.8. The van der Waals surface area contributed by atoms with Gasteiger partial charge in [0.25, 0.3) is 0 Å². The lowest BCUT2D eigenvalue weighted by Gasteiger charge is -2.44. The fraction of sp³-hybridized carbons (Fsp3) is 0.520. The summed E-state index contributed by atoms with van der Waals surface area (Å²) in [4.78, 5) is 5.20. The Labute approximate surface area is 175 Å². The number of rotatable bonds is 6. The molecule has 29 heavy (non-hydrogen) atoms. The van der Waals surface area contributed by atoms with Crippen LogP contribution in [0.1, 0.15) is 43.2 Å². The van der Waals surface area contributed by atoms with Crippen molar-refractivity contribution in [3.05, 3.63) is 53.6 Å². The van der Waals surface area contributed by atoms with Gasteiger partial charge in [-0.25, -0.2) is 0 Å². The van der Waals surface area contributed by atoms with Crippen molar-refractivity contribution in [2.45, 2.75) is 44.6 Å². The second-order valence-corrected chi connectivity index (χ2v) is 8.20. The predicted molar refractivity (Wildman–Crippen MR) is 120 cm³/mol. The van der Waals surface area contributed by atoms with Crippen molar-refractivity contribution in [2.75, 3.05) is 45.3 Å². The minimum Gasteiger partial charge on any atom is -0.496 e. The third kappa shape index (κ3) is 3.95. The van der Waals surface area contributed by atoms with Crippen molar-refractivity contribution >= 4 is 5.69 Å². The molecule has 0 radical (unpaired) electrons. The number of piperazine rings is 1. The topological polar surface area (TPSA) is 24.9 Å². The van der Waals surface area contributed by atoms with Crippen LogP contribution in [0.25, 0.3) is 0 Å². The zero-order valence-electron chi connectivity index (χ0n) is 18.1. The first kappa shape index (κ1) is 20.1. The Morgan fingerprint density at radius 1 is 0.931 bits per heavy atom. The molecule has 2 aliphatic rings. The van der Waals surface area contributed by atoms with Crippen molar-refractivity contribution in [1.29, 1.82) is 0 Å². The number of anilines is 1. The molecule has 1 aliphatic heterocycles. The maximum atomic E-state index is 5.67. The first-order valence-electron chi connectivity index (χ1n) is 11.0. The molecule has 1 saturated heterocycles. The number of methoxy groups -OCH3 is 2. The van der Waals surface area contributed by atoms with Gasteiger partial charge in [-0.15, -0.1) is 0 Å². The molecular weight excluding hydrogens is 360 g/mol. The molecule has 2 aromatic carbocycles. The standard InChI is InChI=1S/C25H34N2O2/c1-4-22(20-10-7-11-21-19(20)9-8-14-24(21)28-2)26-15-17-27(18-16-26)23-12-5-6-13-25(23)29-3/h5-6,8-9,12-14,20,22H,4,7,10-11,15-18H2,1-3H3. The van der Waals surface area contributed by atoms with Crippen LogP contribution in [0.3, 0.4) is 0 Å². The van der Waals surface area contributed by atoms with E-state index in [1.807, 2.05) is 6.07 Å². The smallest absolute Gasteiger partial charge is 0.142 e. The van der Waals surface area contributed by atoms with Crippen LogP contribution in [0.4, 0.5) is 5.69 Å². The number of hydrogen-bond donors (Lipinski definition) is 0. The van der Waals surface area contributed by atoms with Gasteiger partial charge in [-0.05, 0) is 60.9 Å². The van der Waals surface area contributed by atoms with Gasteiger partial charge in [0.15, 0.2) is 0 Å². The summed E-state index contributed by atoms with van der Waals surface area (Å²) in [7, 11) is 3.56. The Balaban J connectivity index is 1.50. The Hall–Kier alpha value is -2.20. The van der Waals surface area contributed by atoms with Crippen LogP contribution in [0.2, 0.25) is 0 Å². The van der Waals surface area contributed by atoms with Crippen LogP contribution in [-0.4, -0.2) is 51.3 Å². The van der Waals surface area contributed by atoms with Gasteiger partial charge in [0, 0.05) is 32.2 Å².